The summed E-state index contributed by atoms with van der Waals surface area (Å²) < 4.78 is 31.9. The summed E-state index contributed by atoms with van der Waals surface area (Å²) in [6.45, 7) is 0.829. The van der Waals surface area contributed by atoms with Crippen molar-refractivity contribution in [2.24, 2.45) is 0 Å². The van der Waals surface area contributed by atoms with Gasteiger partial charge in [-0.1, -0.05) is 0 Å². The van der Waals surface area contributed by atoms with Crippen LogP contribution in [0.2, 0.25) is 0 Å². The lowest BCUT2D eigenvalue weighted by molar-refractivity contribution is -0.862. The van der Waals surface area contributed by atoms with Gasteiger partial charge < -0.3 is 9.59 Å². The molecule has 0 unspecified atom stereocenters. The molecule has 0 bridgehead atoms. The lowest BCUT2D eigenvalue weighted by Crippen LogP contribution is -2.39. The Morgan fingerprint density at radius 1 is 1.29 bits per heavy atom. The number of unbranched alkanes of at least 4 members (excludes halogenated alkanes) is 1. The number of carboxylic acid groups (broad SMARTS) is 1. The molecule has 0 fully saturated rings. The van der Waals surface area contributed by atoms with Crippen molar-refractivity contribution in [2.45, 2.75) is 19.4 Å². The van der Waals surface area contributed by atoms with Gasteiger partial charge in [0.2, 0.25) is 0 Å². The van der Waals surface area contributed by atoms with Gasteiger partial charge in [-0.15, -0.1) is 6.42 Å². The highest BCUT2D eigenvalue weighted by Crippen LogP contribution is 1.96. The Morgan fingerprint density at radius 2 is 1.92 bits per heavy atom. The van der Waals surface area contributed by atoms with Crippen molar-refractivity contribution in [3.8, 4) is 12.3 Å². The second-order valence-electron chi connectivity index (χ2n) is 6.26. The predicted octanol–water partition coefficient (Wildman–Crippen LogP) is 0.401. The fourth-order valence-corrected chi connectivity index (χ4v) is 2.34. The van der Waals surface area contributed by atoms with Gasteiger partial charge in [0.1, 0.15) is 6.54 Å². The first kappa shape index (κ1) is 22.1. The summed E-state index contributed by atoms with van der Waals surface area (Å²) in [5.41, 5.74) is 0.759. The molecule has 134 valence electrons. The third-order valence-electron chi connectivity index (χ3n) is 2.75. The highest BCUT2D eigenvalue weighted by atomic mass is 32.2. The number of aromatic nitrogens is 1. The molecule has 0 aliphatic rings. The monoisotopic (exact) mass is 358 g/mol. The van der Waals surface area contributed by atoms with Crippen LogP contribution in [0.5, 0.6) is 0 Å². The molecule has 1 rings (SSSR count). The Kier molecular flexibility index (Phi) is 9.21. The maximum atomic E-state index is 10.5. The Hall–Kier alpha value is -1.95. The summed E-state index contributed by atoms with van der Waals surface area (Å²) in [5.74, 6) is 1.59. The summed E-state index contributed by atoms with van der Waals surface area (Å²) in [5, 5.41) is 8.23. The van der Waals surface area contributed by atoms with Crippen molar-refractivity contribution >= 4 is 16.1 Å². The van der Waals surface area contributed by atoms with Crippen molar-refractivity contribution in [3.05, 3.63) is 30.1 Å². The minimum atomic E-state index is -3.84. The van der Waals surface area contributed by atoms with Crippen molar-refractivity contribution in [3.63, 3.8) is 0 Å². The maximum Gasteiger partial charge on any atom is 0.359 e. The van der Waals surface area contributed by atoms with Gasteiger partial charge in [-0.3, -0.25) is 4.55 Å². The summed E-state index contributed by atoms with van der Waals surface area (Å²) >= 11 is 0. The number of quaternary nitrogens is 1. The number of carboxylic acids is 1. The van der Waals surface area contributed by atoms with Gasteiger partial charge in [0.05, 0.1) is 26.9 Å². The molecule has 24 heavy (non-hydrogen) atoms. The Labute approximate surface area is 143 Å². The Balaban J connectivity index is 0.000000561. The van der Waals surface area contributed by atoms with Crippen LogP contribution in [-0.4, -0.2) is 62.0 Å². The number of likely N-dealkylation sites (N-methyl/N-ethyl adjacent to an activating group) is 1. The minimum Gasteiger partial charge on any atom is -0.477 e. The third-order valence-corrected chi connectivity index (χ3v) is 3.55. The van der Waals surface area contributed by atoms with Crippen LogP contribution in [0, 0.1) is 12.3 Å². The van der Waals surface area contributed by atoms with E-state index < -0.39 is 16.1 Å². The summed E-state index contributed by atoms with van der Waals surface area (Å²) in [4.78, 5) is 10.00. The fraction of sp³-hybridized carbons (Fsp3) is 0.500. The van der Waals surface area contributed by atoms with E-state index in [0.717, 1.165) is 5.69 Å². The average Bonchev–Trinajstić information content (AvgIpc) is 2.41. The van der Waals surface area contributed by atoms with Gasteiger partial charge in [0.25, 0.3) is 15.8 Å². The molecule has 0 aromatic carbocycles. The zero-order chi connectivity index (χ0) is 18.8. The molecule has 7 nitrogen and oxygen atoms in total. The van der Waals surface area contributed by atoms with E-state index in [2.05, 4.69) is 5.92 Å². The number of aliphatic carboxylic acids is 1. The highest BCUT2D eigenvalue weighted by Gasteiger charge is 2.11. The number of hydrogen-bond donors (Lipinski definition) is 2. The number of hydrogen-bond acceptors (Lipinski definition) is 3. The van der Waals surface area contributed by atoms with E-state index in [1.54, 1.807) is 0 Å². The number of nitrogens with zero attached hydrogens (tertiary/aromatic N) is 2. The predicted molar refractivity (Wildman–Crippen MR) is 90.8 cm³/mol. The highest BCUT2D eigenvalue weighted by molar-refractivity contribution is 7.85. The molecule has 0 aliphatic carbocycles. The molecule has 0 atom stereocenters. The molecule has 2 N–H and O–H groups in total. The molecule has 0 saturated carbocycles. The molecule has 1 heterocycles. The number of carbonyl (C=O) groups is 1. The van der Waals surface area contributed by atoms with Crippen molar-refractivity contribution in [1.29, 1.82) is 0 Å². The molecular formula is C16H26N2O5S+2. The number of terminal acetylenes is 1. The van der Waals surface area contributed by atoms with Crippen LogP contribution < -0.4 is 4.57 Å². The largest absolute Gasteiger partial charge is 0.477 e. The van der Waals surface area contributed by atoms with Crippen LogP contribution in [0.1, 0.15) is 18.5 Å². The summed E-state index contributed by atoms with van der Waals surface area (Å²) in [7, 11) is 1.68. The second kappa shape index (κ2) is 10.0. The summed E-state index contributed by atoms with van der Waals surface area (Å²) in [6, 6.07) is 5.54. The Bertz CT molecular complexity index is 672. The van der Waals surface area contributed by atoms with E-state index in [1.807, 2.05) is 50.1 Å². The first-order chi connectivity index (χ1) is 10.9. The van der Waals surface area contributed by atoms with Crippen molar-refractivity contribution < 1.29 is 31.9 Å². The van der Waals surface area contributed by atoms with Crippen molar-refractivity contribution in [1.82, 2.24) is 0 Å². The zero-order valence-corrected chi connectivity index (χ0v) is 15.2. The molecule has 0 spiro atoms. The smallest absolute Gasteiger partial charge is 0.359 e. The summed E-state index contributed by atoms with van der Waals surface area (Å²) in [6.07, 6.45) is 8.24. The molecular weight excluding hydrogens is 332 g/mol. The molecule has 8 heteroatoms. The van der Waals surface area contributed by atoms with E-state index in [0.29, 0.717) is 23.9 Å². The van der Waals surface area contributed by atoms with Crippen LogP contribution in [0.3, 0.4) is 0 Å². The topological polar surface area (TPSA) is 95.5 Å². The Morgan fingerprint density at radius 3 is 2.33 bits per heavy atom. The van der Waals surface area contributed by atoms with Gasteiger partial charge in [-0.2, -0.15) is 13.0 Å². The van der Waals surface area contributed by atoms with Gasteiger partial charge in [0, 0.05) is 18.6 Å². The number of aryl methyl sites for hydroxylation is 1. The van der Waals surface area contributed by atoms with Crippen LogP contribution in [0.25, 0.3) is 0 Å². The van der Waals surface area contributed by atoms with E-state index in [1.165, 1.54) is 0 Å². The average molecular weight is 358 g/mol. The number of rotatable bonds is 7. The van der Waals surface area contributed by atoms with E-state index >= 15 is 0 Å². The maximum absolute atomic E-state index is 10.5. The number of pyridine rings is 1. The first-order valence-electron chi connectivity index (χ1n) is 7.37. The third kappa shape index (κ3) is 12.6. The normalized spacial score (nSPS) is 11.1. The van der Waals surface area contributed by atoms with E-state index in [-0.39, 0.29) is 12.3 Å². The van der Waals surface area contributed by atoms with E-state index in [9.17, 15) is 13.2 Å². The van der Waals surface area contributed by atoms with Gasteiger partial charge >= 0.3 is 5.97 Å². The molecule has 0 amide bonds. The zero-order valence-electron chi connectivity index (χ0n) is 14.3. The fourth-order valence-electron chi connectivity index (χ4n) is 1.77. The van der Waals surface area contributed by atoms with E-state index in [4.69, 9.17) is 16.1 Å². The van der Waals surface area contributed by atoms with Gasteiger partial charge in [-0.05, 0) is 18.4 Å². The lowest BCUT2D eigenvalue weighted by atomic mass is 10.3. The molecule has 0 aliphatic heterocycles. The van der Waals surface area contributed by atoms with Gasteiger partial charge in [0.15, 0.2) is 12.7 Å². The molecule has 0 saturated heterocycles. The molecule has 1 aromatic rings. The van der Waals surface area contributed by atoms with Crippen LogP contribution >= 0.6 is 0 Å². The SMILES string of the molecule is C#Cc1cccc[n+]1CCCCS(=O)(=O)O.C[N+](C)(C)CC(=O)O. The standard InChI is InChI=1S/C11H13NO3S.C5H11NO2/c1-2-11-7-3-4-8-12(11)9-5-6-10-16(13,14)15;1-6(2,3)4-5(7)8/h1,3-4,7-8H,5-6,9-10H2;4H2,1-3H3/p+2. The molecule has 0 radical (unpaired) electrons. The second-order valence-corrected chi connectivity index (χ2v) is 7.83. The van der Waals surface area contributed by atoms with Crippen LogP contribution in [0.15, 0.2) is 24.4 Å². The van der Waals surface area contributed by atoms with Crippen LogP contribution in [0.4, 0.5) is 0 Å². The lowest BCUT2D eigenvalue weighted by Gasteiger charge is -2.20. The minimum absolute atomic E-state index is 0.181. The molecule has 1 aromatic heterocycles. The first-order valence-corrected chi connectivity index (χ1v) is 8.98. The van der Waals surface area contributed by atoms with Crippen molar-refractivity contribution in [2.75, 3.05) is 33.4 Å². The quantitative estimate of drug-likeness (QED) is 0.242. The van der Waals surface area contributed by atoms with Gasteiger partial charge in [-0.25, -0.2) is 4.79 Å². The van der Waals surface area contributed by atoms with Crippen LogP contribution in [-0.2, 0) is 21.5 Å².